The monoisotopic (exact) mass is 295 g/mol. The molecule has 21 heavy (non-hydrogen) atoms. The molecule has 1 fully saturated rings. The largest absolute Gasteiger partial charge is 0.370 e. The summed E-state index contributed by atoms with van der Waals surface area (Å²) in [5, 5.41) is 7.52. The van der Waals surface area contributed by atoms with Crippen molar-refractivity contribution in [3.05, 3.63) is 17.5 Å². The van der Waals surface area contributed by atoms with Gasteiger partial charge < -0.3 is 14.6 Å². The van der Waals surface area contributed by atoms with Crippen molar-refractivity contribution >= 4 is 0 Å². The number of rotatable bonds is 6. The molecular weight excluding hydrogens is 266 g/mol. The van der Waals surface area contributed by atoms with Gasteiger partial charge in [0.05, 0.1) is 23.9 Å². The smallest absolute Gasteiger partial charge is 0.151 e. The Morgan fingerprint density at radius 3 is 2.90 bits per heavy atom. The second-order valence-electron chi connectivity index (χ2n) is 7.17. The fraction of sp³-hybridized carbons (Fsp3) is 0.812. The summed E-state index contributed by atoms with van der Waals surface area (Å²) in [6, 6.07) is 2.06. The highest BCUT2D eigenvalue weighted by atomic mass is 16.5. The Morgan fingerprint density at radius 2 is 2.24 bits per heavy atom. The summed E-state index contributed by atoms with van der Waals surface area (Å²) in [5.41, 5.74) is 0.880. The maximum atomic E-state index is 5.92. The number of nitrogens with zero attached hydrogens (tertiary/aromatic N) is 2. The van der Waals surface area contributed by atoms with Crippen molar-refractivity contribution in [2.75, 3.05) is 19.6 Å². The zero-order valence-electron chi connectivity index (χ0n) is 14.0. The average molecular weight is 295 g/mol. The Morgan fingerprint density at radius 1 is 1.48 bits per heavy atom. The van der Waals surface area contributed by atoms with Crippen LogP contribution < -0.4 is 5.32 Å². The Labute approximate surface area is 128 Å². The van der Waals surface area contributed by atoms with E-state index < -0.39 is 0 Å². The second kappa shape index (κ2) is 6.90. The van der Waals surface area contributed by atoms with E-state index in [1.165, 1.54) is 0 Å². The molecule has 2 heterocycles. The molecule has 0 aliphatic carbocycles. The highest BCUT2D eigenvalue weighted by molar-refractivity contribution is 5.05. The van der Waals surface area contributed by atoms with E-state index in [-0.39, 0.29) is 11.7 Å². The van der Waals surface area contributed by atoms with Gasteiger partial charge in [-0.2, -0.15) is 0 Å². The van der Waals surface area contributed by atoms with Gasteiger partial charge in [-0.15, -0.1) is 0 Å². The van der Waals surface area contributed by atoms with Crippen LogP contribution in [-0.4, -0.2) is 41.4 Å². The number of morpholine rings is 1. The molecule has 1 aliphatic heterocycles. The Hall–Kier alpha value is -0.910. The average Bonchev–Trinajstić information content (AvgIpc) is 2.73. The van der Waals surface area contributed by atoms with Crippen LogP contribution in [0.25, 0.3) is 0 Å². The van der Waals surface area contributed by atoms with Crippen molar-refractivity contribution in [3.8, 4) is 0 Å². The fourth-order valence-electron chi connectivity index (χ4n) is 2.93. The first kappa shape index (κ1) is 16.5. The van der Waals surface area contributed by atoms with Crippen molar-refractivity contribution in [2.24, 2.45) is 5.92 Å². The van der Waals surface area contributed by atoms with Crippen LogP contribution in [0.5, 0.6) is 0 Å². The van der Waals surface area contributed by atoms with Gasteiger partial charge in [0.25, 0.3) is 0 Å². The number of hydrogen-bond donors (Lipinski definition) is 1. The van der Waals surface area contributed by atoms with Crippen LogP contribution in [0.1, 0.15) is 46.1 Å². The van der Waals surface area contributed by atoms with Crippen molar-refractivity contribution < 1.29 is 9.26 Å². The summed E-state index contributed by atoms with van der Waals surface area (Å²) in [6.07, 6.45) is 0.254. The SMILES string of the molecule is CC(C)CNCc1cc(CN2CC(C)OC(C)(C)C2)on1. The summed E-state index contributed by atoms with van der Waals surface area (Å²) in [4.78, 5) is 2.38. The fourth-order valence-corrected chi connectivity index (χ4v) is 2.93. The van der Waals surface area contributed by atoms with Crippen molar-refractivity contribution in [1.29, 1.82) is 0 Å². The molecule has 5 nitrogen and oxygen atoms in total. The first-order valence-electron chi connectivity index (χ1n) is 7.89. The molecule has 0 bridgehead atoms. The van der Waals surface area contributed by atoms with Gasteiger partial charge in [0.1, 0.15) is 0 Å². The normalized spacial score (nSPS) is 22.9. The highest BCUT2D eigenvalue weighted by Crippen LogP contribution is 2.22. The molecule has 0 amide bonds. The number of ether oxygens (including phenoxy) is 1. The first-order valence-corrected chi connectivity index (χ1v) is 7.89. The highest BCUT2D eigenvalue weighted by Gasteiger charge is 2.31. The number of aromatic nitrogens is 1. The minimum Gasteiger partial charge on any atom is -0.370 e. The van der Waals surface area contributed by atoms with Gasteiger partial charge in [-0.25, -0.2) is 0 Å². The summed E-state index contributed by atoms with van der Waals surface area (Å²) in [7, 11) is 0. The lowest BCUT2D eigenvalue weighted by molar-refractivity contribution is -0.131. The molecule has 1 aromatic heterocycles. The molecule has 0 aromatic carbocycles. The third kappa shape index (κ3) is 5.41. The van der Waals surface area contributed by atoms with Gasteiger partial charge in [-0.1, -0.05) is 19.0 Å². The van der Waals surface area contributed by atoms with Gasteiger partial charge in [0.15, 0.2) is 5.76 Å². The van der Waals surface area contributed by atoms with E-state index in [0.29, 0.717) is 5.92 Å². The van der Waals surface area contributed by atoms with Crippen LogP contribution in [0.2, 0.25) is 0 Å². The van der Waals surface area contributed by atoms with E-state index in [0.717, 1.165) is 44.2 Å². The lowest BCUT2D eigenvalue weighted by atomic mass is 10.1. The molecule has 1 atom stereocenters. The lowest BCUT2D eigenvalue weighted by Crippen LogP contribution is -2.51. The van der Waals surface area contributed by atoms with Crippen LogP contribution >= 0.6 is 0 Å². The summed E-state index contributed by atoms with van der Waals surface area (Å²) in [5.74, 6) is 1.58. The van der Waals surface area contributed by atoms with E-state index in [1.54, 1.807) is 0 Å². The Bertz CT molecular complexity index is 442. The molecule has 1 unspecified atom stereocenters. The number of nitrogens with one attached hydrogen (secondary N) is 1. The van der Waals surface area contributed by atoms with E-state index in [2.05, 4.69) is 56.1 Å². The molecule has 2 rings (SSSR count). The van der Waals surface area contributed by atoms with Crippen LogP contribution in [0.3, 0.4) is 0 Å². The van der Waals surface area contributed by atoms with Gasteiger partial charge in [0.2, 0.25) is 0 Å². The van der Waals surface area contributed by atoms with Crippen LogP contribution in [-0.2, 0) is 17.8 Å². The Balaban J connectivity index is 1.84. The second-order valence-corrected chi connectivity index (χ2v) is 7.17. The number of hydrogen-bond acceptors (Lipinski definition) is 5. The van der Waals surface area contributed by atoms with E-state index in [1.807, 2.05) is 0 Å². The van der Waals surface area contributed by atoms with Crippen LogP contribution in [0, 0.1) is 5.92 Å². The summed E-state index contributed by atoms with van der Waals surface area (Å²) < 4.78 is 11.4. The molecule has 1 aromatic rings. The molecule has 0 saturated carbocycles. The molecule has 1 saturated heterocycles. The third-order valence-electron chi connectivity index (χ3n) is 3.49. The third-order valence-corrected chi connectivity index (χ3v) is 3.49. The molecule has 120 valence electrons. The van der Waals surface area contributed by atoms with Gasteiger partial charge in [-0.3, -0.25) is 4.90 Å². The summed E-state index contributed by atoms with van der Waals surface area (Å²) >= 11 is 0. The van der Waals surface area contributed by atoms with Crippen LogP contribution in [0.4, 0.5) is 0 Å². The Kier molecular flexibility index (Phi) is 5.41. The minimum atomic E-state index is -0.0979. The molecule has 0 spiro atoms. The predicted octanol–water partition coefficient (Wildman–Crippen LogP) is 2.42. The topological polar surface area (TPSA) is 50.5 Å². The predicted molar refractivity (Wildman–Crippen MR) is 83.0 cm³/mol. The van der Waals surface area contributed by atoms with Crippen molar-refractivity contribution in [1.82, 2.24) is 15.4 Å². The van der Waals surface area contributed by atoms with Crippen molar-refractivity contribution in [2.45, 2.75) is 59.4 Å². The zero-order chi connectivity index (χ0) is 15.5. The quantitative estimate of drug-likeness (QED) is 0.873. The lowest BCUT2D eigenvalue weighted by Gasteiger charge is -2.41. The molecule has 1 aliphatic rings. The zero-order valence-corrected chi connectivity index (χ0v) is 14.0. The van der Waals surface area contributed by atoms with Gasteiger partial charge in [-0.05, 0) is 33.2 Å². The van der Waals surface area contributed by atoms with Crippen molar-refractivity contribution in [3.63, 3.8) is 0 Å². The molecule has 1 N–H and O–H groups in total. The van der Waals surface area contributed by atoms with Crippen LogP contribution in [0.15, 0.2) is 10.6 Å². The van der Waals surface area contributed by atoms with E-state index >= 15 is 0 Å². The standard InChI is InChI=1S/C16H29N3O2/c1-12(2)7-17-8-14-6-15(21-18-14)10-19-9-13(3)20-16(4,5)11-19/h6,12-13,17H,7-11H2,1-5H3. The van der Waals surface area contributed by atoms with E-state index in [9.17, 15) is 0 Å². The van der Waals surface area contributed by atoms with E-state index in [4.69, 9.17) is 9.26 Å². The maximum Gasteiger partial charge on any atom is 0.151 e. The molecule has 5 heteroatoms. The van der Waals surface area contributed by atoms with Gasteiger partial charge >= 0.3 is 0 Å². The molecule has 0 radical (unpaired) electrons. The minimum absolute atomic E-state index is 0.0979. The molecular formula is C16H29N3O2. The summed E-state index contributed by atoms with van der Waals surface area (Å²) in [6.45, 7) is 15.2. The van der Waals surface area contributed by atoms with Gasteiger partial charge in [0, 0.05) is 25.7 Å². The first-order chi connectivity index (χ1) is 9.84. The maximum absolute atomic E-state index is 5.92.